The molecule has 0 aliphatic carbocycles. The molecule has 0 spiro atoms. The van der Waals surface area contributed by atoms with Crippen LogP contribution in [-0.2, 0) is 4.79 Å². The predicted octanol–water partition coefficient (Wildman–Crippen LogP) is 1.63. The highest BCUT2D eigenvalue weighted by Gasteiger charge is 2.08. The van der Waals surface area contributed by atoms with Crippen LogP contribution in [0.4, 0.5) is 5.69 Å². The Hall–Kier alpha value is -1.55. The topological polar surface area (TPSA) is 58.6 Å². The first kappa shape index (κ1) is 12.5. The first-order valence-electron chi connectivity index (χ1n) is 5.15. The summed E-state index contributed by atoms with van der Waals surface area (Å²) in [7, 11) is 1.62. The molecule has 1 aromatic rings. The van der Waals surface area contributed by atoms with E-state index in [-0.39, 0.29) is 18.9 Å². The van der Waals surface area contributed by atoms with Gasteiger partial charge >= 0.3 is 0 Å². The SMILES string of the molecule is COc1ccc(NC(=O)CCO)c(C)c1C. The number of hydrogen-bond donors (Lipinski definition) is 2. The Kier molecular flexibility index (Phi) is 4.31. The molecule has 1 amide bonds. The van der Waals surface area contributed by atoms with Gasteiger partial charge in [0, 0.05) is 5.69 Å². The van der Waals surface area contributed by atoms with E-state index in [0.29, 0.717) is 0 Å². The number of rotatable bonds is 4. The van der Waals surface area contributed by atoms with Crippen molar-refractivity contribution in [2.75, 3.05) is 19.0 Å². The Morgan fingerprint density at radius 2 is 2.06 bits per heavy atom. The number of carbonyl (C=O) groups is 1. The van der Waals surface area contributed by atoms with Crippen LogP contribution in [0.3, 0.4) is 0 Å². The summed E-state index contributed by atoms with van der Waals surface area (Å²) in [6, 6.07) is 3.62. The maximum absolute atomic E-state index is 11.3. The van der Waals surface area contributed by atoms with E-state index >= 15 is 0 Å². The molecule has 0 aromatic heterocycles. The number of ether oxygens (including phenoxy) is 1. The maximum Gasteiger partial charge on any atom is 0.226 e. The molecule has 1 rings (SSSR count). The molecule has 0 saturated carbocycles. The number of carbonyl (C=O) groups excluding carboxylic acids is 1. The lowest BCUT2D eigenvalue weighted by molar-refractivity contribution is -0.116. The van der Waals surface area contributed by atoms with Gasteiger partial charge in [0.2, 0.25) is 5.91 Å². The minimum absolute atomic E-state index is 0.116. The molecule has 0 aliphatic heterocycles. The van der Waals surface area contributed by atoms with E-state index in [1.807, 2.05) is 19.9 Å². The fraction of sp³-hybridized carbons (Fsp3) is 0.417. The number of benzene rings is 1. The third-order valence-corrected chi connectivity index (χ3v) is 2.57. The van der Waals surface area contributed by atoms with Crippen molar-refractivity contribution in [2.24, 2.45) is 0 Å². The molecule has 2 N–H and O–H groups in total. The quantitative estimate of drug-likeness (QED) is 0.815. The fourth-order valence-corrected chi connectivity index (χ4v) is 1.47. The number of aliphatic hydroxyl groups is 1. The minimum Gasteiger partial charge on any atom is -0.496 e. The van der Waals surface area contributed by atoms with Crippen LogP contribution in [0, 0.1) is 13.8 Å². The lowest BCUT2D eigenvalue weighted by Crippen LogP contribution is -2.14. The van der Waals surface area contributed by atoms with Gasteiger partial charge in [-0.15, -0.1) is 0 Å². The molecule has 0 unspecified atom stereocenters. The second-order valence-electron chi connectivity index (χ2n) is 3.59. The number of anilines is 1. The Morgan fingerprint density at radius 3 is 2.62 bits per heavy atom. The van der Waals surface area contributed by atoms with Crippen LogP contribution in [0.2, 0.25) is 0 Å². The smallest absolute Gasteiger partial charge is 0.226 e. The molecule has 4 heteroatoms. The summed E-state index contributed by atoms with van der Waals surface area (Å²) in [5, 5.41) is 11.4. The largest absolute Gasteiger partial charge is 0.496 e. The van der Waals surface area contributed by atoms with Gasteiger partial charge in [-0.3, -0.25) is 4.79 Å². The first-order valence-corrected chi connectivity index (χ1v) is 5.15. The van der Waals surface area contributed by atoms with E-state index < -0.39 is 0 Å². The summed E-state index contributed by atoms with van der Waals surface area (Å²) in [5.74, 6) is 0.618. The summed E-state index contributed by atoms with van der Waals surface area (Å²) in [4.78, 5) is 11.3. The van der Waals surface area contributed by atoms with Crippen LogP contribution in [0.15, 0.2) is 12.1 Å². The maximum atomic E-state index is 11.3. The van der Waals surface area contributed by atoms with Crippen molar-refractivity contribution in [3.05, 3.63) is 23.3 Å². The number of methoxy groups -OCH3 is 1. The van der Waals surface area contributed by atoms with Gasteiger partial charge in [-0.25, -0.2) is 0 Å². The van der Waals surface area contributed by atoms with Crippen LogP contribution >= 0.6 is 0 Å². The molecular weight excluding hydrogens is 206 g/mol. The highest BCUT2D eigenvalue weighted by atomic mass is 16.5. The molecular formula is C12H17NO3. The van der Waals surface area contributed by atoms with Gasteiger partial charge in [-0.2, -0.15) is 0 Å². The normalized spacial score (nSPS) is 10.0. The van der Waals surface area contributed by atoms with Crippen molar-refractivity contribution < 1.29 is 14.6 Å². The molecule has 0 fully saturated rings. The van der Waals surface area contributed by atoms with Crippen LogP contribution in [-0.4, -0.2) is 24.7 Å². The number of aliphatic hydroxyl groups excluding tert-OH is 1. The highest BCUT2D eigenvalue weighted by Crippen LogP contribution is 2.27. The van der Waals surface area contributed by atoms with E-state index in [4.69, 9.17) is 9.84 Å². The molecule has 0 atom stereocenters. The summed E-state index contributed by atoms with van der Waals surface area (Å²) >= 11 is 0. The van der Waals surface area contributed by atoms with E-state index in [1.54, 1.807) is 13.2 Å². The second kappa shape index (κ2) is 5.51. The van der Waals surface area contributed by atoms with Gasteiger partial charge in [0.15, 0.2) is 0 Å². The molecule has 1 aromatic carbocycles. The number of amides is 1. The number of nitrogens with one attached hydrogen (secondary N) is 1. The Labute approximate surface area is 95.2 Å². The predicted molar refractivity (Wildman–Crippen MR) is 62.8 cm³/mol. The second-order valence-corrected chi connectivity index (χ2v) is 3.59. The third-order valence-electron chi connectivity index (χ3n) is 2.57. The van der Waals surface area contributed by atoms with Crippen LogP contribution in [0.1, 0.15) is 17.5 Å². The van der Waals surface area contributed by atoms with Crippen molar-refractivity contribution in [3.63, 3.8) is 0 Å². The molecule has 4 nitrogen and oxygen atoms in total. The molecule has 0 bridgehead atoms. The molecule has 0 saturated heterocycles. The molecule has 0 radical (unpaired) electrons. The Bertz CT molecular complexity index is 388. The Balaban J connectivity index is 2.90. The third kappa shape index (κ3) is 2.73. The minimum atomic E-state index is -0.185. The van der Waals surface area contributed by atoms with Crippen molar-refractivity contribution in [1.82, 2.24) is 0 Å². The molecule has 0 heterocycles. The lowest BCUT2D eigenvalue weighted by atomic mass is 10.1. The lowest BCUT2D eigenvalue weighted by Gasteiger charge is -2.13. The average Bonchev–Trinajstić information content (AvgIpc) is 2.25. The molecule has 88 valence electrons. The average molecular weight is 223 g/mol. The van der Waals surface area contributed by atoms with Crippen molar-refractivity contribution in [3.8, 4) is 5.75 Å². The summed E-state index contributed by atoms with van der Waals surface area (Å²) in [5.41, 5.74) is 2.74. The standard InChI is InChI=1S/C12H17NO3/c1-8-9(2)11(16-3)5-4-10(8)13-12(15)6-7-14/h4-5,14H,6-7H2,1-3H3,(H,13,15). The zero-order valence-corrected chi connectivity index (χ0v) is 9.83. The zero-order valence-electron chi connectivity index (χ0n) is 9.83. The molecule has 16 heavy (non-hydrogen) atoms. The van der Waals surface area contributed by atoms with E-state index in [1.165, 1.54) is 0 Å². The summed E-state index contributed by atoms with van der Waals surface area (Å²) in [6.45, 7) is 3.72. The van der Waals surface area contributed by atoms with Gasteiger partial charge in [-0.1, -0.05) is 0 Å². The monoisotopic (exact) mass is 223 g/mol. The van der Waals surface area contributed by atoms with Gasteiger partial charge < -0.3 is 15.2 Å². The zero-order chi connectivity index (χ0) is 12.1. The van der Waals surface area contributed by atoms with Crippen LogP contribution in [0.5, 0.6) is 5.75 Å². The molecule has 0 aliphatic rings. The van der Waals surface area contributed by atoms with Gasteiger partial charge in [0.25, 0.3) is 0 Å². The van der Waals surface area contributed by atoms with Crippen LogP contribution in [0.25, 0.3) is 0 Å². The van der Waals surface area contributed by atoms with E-state index in [0.717, 1.165) is 22.6 Å². The van der Waals surface area contributed by atoms with Gasteiger partial charge in [-0.05, 0) is 37.1 Å². The van der Waals surface area contributed by atoms with Crippen LogP contribution < -0.4 is 10.1 Å². The first-order chi connectivity index (χ1) is 7.60. The fourth-order valence-electron chi connectivity index (χ4n) is 1.47. The summed E-state index contributed by atoms with van der Waals surface area (Å²) < 4.78 is 5.18. The van der Waals surface area contributed by atoms with E-state index in [2.05, 4.69) is 5.32 Å². The van der Waals surface area contributed by atoms with Crippen molar-refractivity contribution >= 4 is 11.6 Å². The van der Waals surface area contributed by atoms with Gasteiger partial charge in [0.1, 0.15) is 5.75 Å². The van der Waals surface area contributed by atoms with Gasteiger partial charge in [0.05, 0.1) is 20.1 Å². The van der Waals surface area contributed by atoms with Crippen molar-refractivity contribution in [1.29, 1.82) is 0 Å². The van der Waals surface area contributed by atoms with Crippen molar-refractivity contribution in [2.45, 2.75) is 20.3 Å². The highest BCUT2D eigenvalue weighted by molar-refractivity contribution is 5.91. The van der Waals surface area contributed by atoms with E-state index in [9.17, 15) is 4.79 Å². The Morgan fingerprint density at radius 1 is 1.38 bits per heavy atom. The number of hydrogen-bond acceptors (Lipinski definition) is 3. The summed E-state index contributed by atoms with van der Waals surface area (Å²) in [6.07, 6.45) is 0.116.